The van der Waals surface area contributed by atoms with E-state index in [-0.39, 0.29) is 5.75 Å². The minimum atomic E-state index is 0.171. The van der Waals surface area contributed by atoms with Crippen LogP contribution in [0.25, 0.3) is 0 Å². The Labute approximate surface area is 87.8 Å². The van der Waals surface area contributed by atoms with Gasteiger partial charge in [-0.3, -0.25) is 9.98 Å². The largest absolute Gasteiger partial charge is 0.506 e. The van der Waals surface area contributed by atoms with Crippen LogP contribution in [-0.2, 0) is 0 Å². The maximum absolute atomic E-state index is 9.45. The highest BCUT2D eigenvalue weighted by Crippen LogP contribution is 2.24. The van der Waals surface area contributed by atoms with E-state index < -0.39 is 0 Å². The molecule has 0 aliphatic heterocycles. The summed E-state index contributed by atoms with van der Waals surface area (Å²) in [4.78, 5) is 8.23. The molecule has 0 amide bonds. The molecular weight excluding hydrogens is 188 g/mol. The van der Waals surface area contributed by atoms with Crippen molar-refractivity contribution in [3.8, 4) is 5.75 Å². The van der Waals surface area contributed by atoms with Crippen molar-refractivity contribution in [1.82, 2.24) is 4.98 Å². The minimum Gasteiger partial charge on any atom is -0.506 e. The number of rotatable bonds is 2. The molecule has 1 aromatic carbocycles. The van der Waals surface area contributed by atoms with Crippen molar-refractivity contribution in [2.45, 2.75) is 0 Å². The number of aliphatic imine (C=N–C) groups is 1. The Hall–Kier alpha value is -2.16. The van der Waals surface area contributed by atoms with Crippen LogP contribution in [0.1, 0.15) is 5.69 Å². The average molecular weight is 198 g/mol. The van der Waals surface area contributed by atoms with Gasteiger partial charge in [-0.25, -0.2) is 0 Å². The first-order valence-electron chi connectivity index (χ1n) is 4.59. The summed E-state index contributed by atoms with van der Waals surface area (Å²) in [6, 6.07) is 12.5. The summed E-state index contributed by atoms with van der Waals surface area (Å²) in [5.74, 6) is 0.171. The Kier molecular flexibility index (Phi) is 2.74. The van der Waals surface area contributed by atoms with Crippen LogP contribution < -0.4 is 0 Å². The van der Waals surface area contributed by atoms with Gasteiger partial charge in [0.2, 0.25) is 0 Å². The Bertz CT molecular complexity index is 466. The Morgan fingerprint density at radius 3 is 2.60 bits per heavy atom. The van der Waals surface area contributed by atoms with E-state index in [0.717, 1.165) is 5.69 Å². The molecule has 0 spiro atoms. The lowest BCUT2D eigenvalue weighted by Gasteiger charge is -1.96. The Balaban J connectivity index is 2.23. The molecule has 2 rings (SSSR count). The second-order valence-corrected chi connectivity index (χ2v) is 3.00. The SMILES string of the molecule is Oc1ccccc1N=Cc1ccccn1. The average Bonchev–Trinajstić information content (AvgIpc) is 2.29. The van der Waals surface area contributed by atoms with E-state index in [9.17, 15) is 5.11 Å². The molecule has 15 heavy (non-hydrogen) atoms. The molecule has 0 aliphatic carbocycles. The summed E-state index contributed by atoms with van der Waals surface area (Å²) < 4.78 is 0. The summed E-state index contributed by atoms with van der Waals surface area (Å²) in [5.41, 5.74) is 1.31. The monoisotopic (exact) mass is 198 g/mol. The molecular formula is C12H10N2O. The third-order valence-corrected chi connectivity index (χ3v) is 1.91. The standard InChI is InChI=1S/C12H10N2O/c15-12-7-2-1-6-11(12)14-9-10-5-3-4-8-13-10/h1-9,15H. The number of aromatic nitrogens is 1. The van der Waals surface area contributed by atoms with Crippen LogP contribution in [0.5, 0.6) is 5.75 Å². The number of hydrogen-bond donors (Lipinski definition) is 1. The first-order valence-corrected chi connectivity index (χ1v) is 4.59. The Morgan fingerprint density at radius 2 is 1.87 bits per heavy atom. The molecule has 0 fully saturated rings. The van der Waals surface area contributed by atoms with Crippen molar-refractivity contribution >= 4 is 11.9 Å². The number of phenols is 1. The first-order chi connectivity index (χ1) is 7.36. The fraction of sp³-hybridized carbons (Fsp3) is 0. The van der Waals surface area contributed by atoms with E-state index >= 15 is 0 Å². The van der Waals surface area contributed by atoms with Gasteiger partial charge in [-0.1, -0.05) is 18.2 Å². The molecule has 0 atom stereocenters. The summed E-state index contributed by atoms with van der Waals surface area (Å²) in [5, 5.41) is 9.45. The first kappa shape index (κ1) is 9.40. The van der Waals surface area contributed by atoms with Gasteiger partial charge in [-0.2, -0.15) is 0 Å². The van der Waals surface area contributed by atoms with Crippen molar-refractivity contribution < 1.29 is 5.11 Å². The van der Waals surface area contributed by atoms with E-state index in [1.54, 1.807) is 30.6 Å². The molecule has 1 N–H and O–H groups in total. The normalized spacial score (nSPS) is 10.7. The molecule has 1 aromatic heterocycles. The van der Waals surface area contributed by atoms with Crippen LogP contribution in [0.15, 0.2) is 53.7 Å². The lowest BCUT2D eigenvalue weighted by atomic mass is 10.3. The van der Waals surface area contributed by atoms with Crippen molar-refractivity contribution in [3.05, 3.63) is 54.4 Å². The Morgan fingerprint density at radius 1 is 1.07 bits per heavy atom. The van der Waals surface area contributed by atoms with Gasteiger partial charge >= 0.3 is 0 Å². The van der Waals surface area contributed by atoms with Crippen molar-refractivity contribution in [3.63, 3.8) is 0 Å². The van der Waals surface area contributed by atoms with E-state index in [4.69, 9.17) is 0 Å². The second kappa shape index (κ2) is 4.37. The number of para-hydroxylation sites is 2. The van der Waals surface area contributed by atoms with E-state index in [1.165, 1.54) is 0 Å². The molecule has 3 nitrogen and oxygen atoms in total. The van der Waals surface area contributed by atoms with Gasteiger partial charge in [0.25, 0.3) is 0 Å². The number of benzene rings is 1. The van der Waals surface area contributed by atoms with E-state index in [0.29, 0.717) is 5.69 Å². The molecule has 0 radical (unpaired) electrons. The summed E-state index contributed by atoms with van der Waals surface area (Å²) >= 11 is 0. The number of phenolic OH excluding ortho intramolecular Hbond substituents is 1. The fourth-order valence-electron chi connectivity index (χ4n) is 1.16. The molecule has 0 saturated carbocycles. The van der Waals surface area contributed by atoms with E-state index in [2.05, 4.69) is 9.98 Å². The number of nitrogens with zero attached hydrogens (tertiary/aromatic N) is 2. The van der Waals surface area contributed by atoms with Crippen LogP contribution in [0.4, 0.5) is 5.69 Å². The maximum atomic E-state index is 9.45. The van der Waals surface area contributed by atoms with Gasteiger partial charge in [0, 0.05) is 6.20 Å². The molecule has 0 saturated heterocycles. The number of pyridine rings is 1. The number of hydrogen-bond acceptors (Lipinski definition) is 3. The summed E-state index contributed by atoms with van der Waals surface area (Å²) in [6.07, 6.45) is 3.32. The molecule has 3 heteroatoms. The topological polar surface area (TPSA) is 45.5 Å². The predicted octanol–water partition coefficient (Wildman–Crippen LogP) is 2.54. The lowest BCUT2D eigenvalue weighted by Crippen LogP contribution is -1.83. The van der Waals surface area contributed by atoms with Crippen molar-refractivity contribution in [2.24, 2.45) is 4.99 Å². The van der Waals surface area contributed by atoms with E-state index in [1.807, 2.05) is 24.3 Å². The molecule has 0 bridgehead atoms. The van der Waals surface area contributed by atoms with Gasteiger partial charge in [-0.05, 0) is 24.3 Å². The number of aromatic hydroxyl groups is 1. The molecule has 2 aromatic rings. The highest BCUT2D eigenvalue weighted by molar-refractivity contribution is 5.80. The van der Waals surface area contributed by atoms with Gasteiger partial charge in [0.1, 0.15) is 11.4 Å². The second-order valence-electron chi connectivity index (χ2n) is 3.00. The predicted molar refractivity (Wildman–Crippen MR) is 59.6 cm³/mol. The summed E-state index contributed by atoms with van der Waals surface area (Å²) in [7, 11) is 0. The zero-order valence-corrected chi connectivity index (χ0v) is 8.04. The maximum Gasteiger partial charge on any atom is 0.141 e. The van der Waals surface area contributed by atoms with Crippen LogP contribution in [0, 0.1) is 0 Å². The molecule has 1 heterocycles. The lowest BCUT2D eigenvalue weighted by molar-refractivity contribution is 0.477. The van der Waals surface area contributed by atoms with Crippen LogP contribution in [0.2, 0.25) is 0 Å². The van der Waals surface area contributed by atoms with Gasteiger partial charge < -0.3 is 5.11 Å². The highest BCUT2D eigenvalue weighted by atomic mass is 16.3. The van der Waals surface area contributed by atoms with Gasteiger partial charge in [0.05, 0.1) is 11.9 Å². The zero-order chi connectivity index (χ0) is 10.5. The molecule has 0 unspecified atom stereocenters. The highest BCUT2D eigenvalue weighted by Gasteiger charge is 1.94. The van der Waals surface area contributed by atoms with Gasteiger partial charge in [-0.15, -0.1) is 0 Å². The quantitative estimate of drug-likeness (QED) is 0.753. The van der Waals surface area contributed by atoms with Crippen LogP contribution >= 0.6 is 0 Å². The smallest absolute Gasteiger partial charge is 0.141 e. The van der Waals surface area contributed by atoms with Crippen LogP contribution in [0.3, 0.4) is 0 Å². The third kappa shape index (κ3) is 2.40. The fourth-order valence-corrected chi connectivity index (χ4v) is 1.16. The molecule has 74 valence electrons. The zero-order valence-electron chi connectivity index (χ0n) is 8.04. The van der Waals surface area contributed by atoms with Gasteiger partial charge in [0.15, 0.2) is 0 Å². The van der Waals surface area contributed by atoms with Crippen LogP contribution in [-0.4, -0.2) is 16.3 Å². The van der Waals surface area contributed by atoms with Crippen molar-refractivity contribution in [2.75, 3.05) is 0 Å². The molecule has 0 aliphatic rings. The third-order valence-electron chi connectivity index (χ3n) is 1.91. The van der Waals surface area contributed by atoms with Crippen molar-refractivity contribution in [1.29, 1.82) is 0 Å². The minimum absolute atomic E-state index is 0.171. The summed E-state index contributed by atoms with van der Waals surface area (Å²) in [6.45, 7) is 0.